The average Bonchev–Trinajstić information content (AvgIpc) is 0.758. The number of fused-ring (bicyclic) bond motifs is 4. The molecule has 2 heterocycles. The van der Waals surface area contributed by atoms with Crippen molar-refractivity contribution in [2.24, 2.45) is 0 Å². The van der Waals surface area contributed by atoms with E-state index in [0.29, 0.717) is 76.4 Å². The Labute approximate surface area is 828 Å². The van der Waals surface area contributed by atoms with Crippen LogP contribution in [0.2, 0.25) is 5.02 Å². The van der Waals surface area contributed by atoms with Crippen LogP contribution in [0.1, 0.15) is 300 Å². The second-order valence-electron chi connectivity index (χ2n) is 36.6. The summed E-state index contributed by atoms with van der Waals surface area (Å²) in [6, 6.07) is 44.6. The number of ether oxygens (including phenoxy) is 4. The van der Waals surface area contributed by atoms with Gasteiger partial charge in [-0.3, -0.25) is 9.69 Å². The number of rotatable bonds is 20. The van der Waals surface area contributed by atoms with E-state index in [9.17, 15) is 27.2 Å². The second kappa shape index (κ2) is 54.9. The molecular formula is C107H145Br4ClF4IN7O6. The normalized spacial score (nSPS) is 14.0. The zero-order valence-corrected chi connectivity index (χ0v) is 90.5. The van der Waals surface area contributed by atoms with E-state index in [2.05, 4.69) is 246 Å². The molecule has 4 aliphatic rings. The molecule has 13 nitrogen and oxygen atoms in total. The van der Waals surface area contributed by atoms with Crippen LogP contribution in [0.5, 0.6) is 17.2 Å². The number of hydrogen-bond donors (Lipinski definition) is 3. The molecule has 2 fully saturated rings. The molecular weight excluding hydrogens is 2040 g/mol. The first kappa shape index (κ1) is 112. The predicted octanol–water partition coefficient (Wildman–Crippen LogP) is 30.7. The van der Waals surface area contributed by atoms with Gasteiger partial charge in [0.05, 0.1) is 66.8 Å². The first-order valence-corrected chi connectivity index (χ1v) is 50.7. The van der Waals surface area contributed by atoms with Gasteiger partial charge in [-0.2, -0.15) is 13.2 Å². The number of aryl methyl sites for hydroxylation is 1. The minimum absolute atomic E-state index is 0.0239. The molecule has 0 radical (unpaired) electrons. The minimum Gasteiger partial charge on any atom is -0.493 e. The highest BCUT2D eigenvalue weighted by Crippen LogP contribution is 2.44. The number of halogens is 10. The first-order valence-electron chi connectivity index (χ1n) is 46.1. The number of anilines is 4. The molecule has 2 aliphatic heterocycles. The molecule has 13 rings (SSSR count). The zero-order valence-electron chi connectivity index (χ0n) is 81.2. The number of nitrogens with two attached hydrogens (primary N) is 2. The van der Waals surface area contributed by atoms with Crippen LogP contribution in [0.15, 0.2) is 151 Å². The molecule has 0 spiro atoms. The van der Waals surface area contributed by atoms with Crippen LogP contribution in [0.3, 0.4) is 0 Å². The fraction of sp³-hybridized carbons (Fsp3) is 0.495. The van der Waals surface area contributed by atoms with Gasteiger partial charge in [0.1, 0.15) is 5.82 Å². The van der Waals surface area contributed by atoms with E-state index in [4.69, 9.17) is 42.0 Å². The van der Waals surface area contributed by atoms with Crippen molar-refractivity contribution in [2.75, 3.05) is 116 Å². The lowest BCUT2D eigenvalue weighted by molar-refractivity contribution is -0.137. The Kier molecular flexibility index (Phi) is 47.4. The van der Waals surface area contributed by atoms with Gasteiger partial charge in [-0.15, -0.1) is 0 Å². The standard InChI is InChI=1S/C23H38Br2N4.C17H24.C13H14.C12H18O3.C12H16O2.C11H13Br2NO.C10H11ClF3N.C9H11FIN/c1-18(2)19-16-21(24)23(22(25)17-19)29-10-6-20(7-11-29)28-14-12-27(13-15-28)9-5-8-26(3)4;1-12(2)17-11-13-7-3-4-8-14(13)15-9-5-6-10-16(15)17;1-10(2)12-8-7-11-5-3-4-6-13(11)9-12;1-8(2)9-6-10(13-3)12(15-5)11(7-9)14-4;1-4-14-12(13)11-7-5-10(6-8-11)9(2)3;1-6(2)8-4-9(12)11(10(13)5-8)14-7(3)15;1-5(2)6-3-7(10(12,13)14)9(15)8(11)4-6;1-5(2)6-3-7(10)9(12)8(11)4-6/h16-18,20H,5-15H2,1-4H3;11-12H,3-10H2,1-2H3;3-10H,1-2H3;6-8H,1-5H3;5-9H,4H2,1-3H3;4-6H,1-3H3,(H,14,15);3-5H,15H2,1-2H3;3-5H,12H2,1-2H3. The summed E-state index contributed by atoms with van der Waals surface area (Å²) >= 11 is 22.3. The first-order chi connectivity index (χ1) is 61.3. The van der Waals surface area contributed by atoms with Crippen molar-refractivity contribution < 1.29 is 46.1 Å². The van der Waals surface area contributed by atoms with Crippen LogP contribution < -0.4 is 35.9 Å². The number of carbonyl (C=O) groups is 2. The highest BCUT2D eigenvalue weighted by atomic mass is 127. The van der Waals surface area contributed by atoms with Gasteiger partial charge in [0.25, 0.3) is 0 Å². The lowest BCUT2D eigenvalue weighted by Crippen LogP contribution is -2.53. The van der Waals surface area contributed by atoms with E-state index in [0.717, 1.165) is 49.0 Å². The summed E-state index contributed by atoms with van der Waals surface area (Å²) in [6.45, 7) is 47.5. The van der Waals surface area contributed by atoms with Crippen molar-refractivity contribution in [3.63, 3.8) is 0 Å². The number of amides is 1. The highest BCUT2D eigenvalue weighted by molar-refractivity contribution is 14.1. The number of esters is 1. The monoisotopic (exact) mass is 2180 g/mol. The summed E-state index contributed by atoms with van der Waals surface area (Å²) in [6.07, 6.45) is 10.4. The molecule has 23 heteroatoms. The van der Waals surface area contributed by atoms with Crippen molar-refractivity contribution in [1.29, 1.82) is 0 Å². The number of piperidine rings is 1. The van der Waals surface area contributed by atoms with Gasteiger partial charge in [0.15, 0.2) is 11.5 Å². The molecule has 2 saturated heterocycles. The molecule has 9 aromatic rings. The number of methoxy groups -OCH3 is 3. The summed E-state index contributed by atoms with van der Waals surface area (Å²) in [5, 5.41) is 5.39. The fourth-order valence-electron chi connectivity index (χ4n) is 16.0. The van der Waals surface area contributed by atoms with Gasteiger partial charge < -0.3 is 50.4 Å². The molecule has 9 aromatic carbocycles. The van der Waals surface area contributed by atoms with Crippen LogP contribution >= 0.6 is 97.9 Å². The van der Waals surface area contributed by atoms with Gasteiger partial charge in [-0.25, -0.2) is 9.18 Å². The van der Waals surface area contributed by atoms with Crippen LogP contribution in [0.25, 0.3) is 10.8 Å². The minimum atomic E-state index is -4.46. The summed E-state index contributed by atoms with van der Waals surface area (Å²) in [7, 11) is 9.19. The quantitative estimate of drug-likeness (QED) is 0.0289. The number of alkyl halides is 3. The van der Waals surface area contributed by atoms with E-state index >= 15 is 0 Å². The van der Waals surface area contributed by atoms with Crippen molar-refractivity contribution in [3.8, 4) is 17.2 Å². The van der Waals surface area contributed by atoms with Crippen LogP contribution in [0.4, 0.5) is 40.3 Å². The maximum atomic E-state index is 13.1. The van der Waals surface area contributed by atoms with Gasteiger partial charge >= 0.3 is 12.1 Å². The van der Waals surface area contributed by atoms with Crippen LogP contribution in [0, 0.1) is 9.39 Å². The predicted molar refractivity (Wildman–Crippen MR) is 564 cm³/mol. The maximum absolute atomic E-state index is 13.1. The smallest absolute Gasteiger partial charge is 0.418 e. The number of nitrogens with zero attached hydrogens (tertiary/aromatic N) is 4. The molecule has 5 N–H and O–H groups in total. The molecule has 2 aliphatic carbocycles. The zero-order chi connectivity index (χ0) is 96.7. The molecule has 714 valence electrons. The van der Waals surface area contributed by atoms with Crippen molar-refractivity contribution >= 4 is 143 Å². The topological polar surface area (TPSA) is 148 Å². The molecule has 0 aromatic heterocycles. The maximum Gasteiger partial charge on any atom is 0.418 e. The summed E-state index contributed by atoms with van der Waals surface area (Å²) in [5.41, 5.74) is 29.1. The van der Waals surface area contributed by atoms with Crippen LogP contribution in [-0.4, -0.2) is 127 Å². The highest BCUT2D eigenvalue weighted by Gasteiger charge is 2.35. The Morgan fingerprint density at radius 1 is 0.538 bits per heavy atom. The summed E-state index contributed by atoms with van der Waals surface area (Å²) in [5.74, 6) is 4.99. The van der Waals surface area contributed by atoms with E-state index in [1.807, 2.05) is 91.0 Å². The van der Waals surface area contributed by atoms with E-state index in [-0.39, 0.29) is 34.3 Å². The fourth-order valence-corrected chi connectivity index (χ4v) is 20.0. The van der Waals surface area contributed by atoms with Gasteiger partial charge in [0.2, 0.25) is 11.7 Å². The van der Waals surface area contributed by atoms with E-state index in [1.165, 1.54) is 182 Å². The lowest BCUT2D eigenvalue weighted by Gasteiger charge is -2.43. The van der Waals surface area contributed by atoms with Crippen molar-refractivity contribution in [3.05, 3.63) is 244 Å². The van der Waals surface area contributed by atoms with Gasteiger partial charge in [-0.05, 0) is 389 Å². The molecule has 0 unspecified atom stereocenters. The van der Waals surface area contributed by atoms with Crippen molar-refractivity contribution in [1.82, 2.24) is 14.7 Å². The summed E-state index contributed by atoms with van der Waals surface area (Å²) in [4.78, 5) is 32.5. The largest absolute Gasteiger partial charge is 0.493 e. The van der Waals surface area contributed by atoms with Crippen molar-refractivity contribution in [2.45, 2.75) is 255 Å². The van der Waals surface area contributed by atoms with Gasteiger partial charge in [-0.1, -0.05) is 183 Å². The summed E-state index contributed by atoms with van der Waals surface area (Å²) < 4.78 is 76.4. The molecule has 1 amide bonds. The third-order valence-electron chi connectivity index (χ3n) is 23.9. The Hall–Kier alpha value is -6.48. The Bertz CT molecular complexity index is 4980. The Morgan fingerprint density at radius 3 is 1.48 bits per heavy atom. The number of benzene rings is 9. The van der Waals surface area contributed by atoms with E-state index in [1.54, 1.807) is 69.9 Å². The number of nitrogen functional groups attached to an aromatic ring is 2. The Morgan fingerprint density at radius 2 is 1.01 bits per heavy atom. The average molecular weight is 2180 g/mol. The third-order valence-corrected chi connectivity index (χ3v) is 27.6. The third kappa shape index (κ3) is 34.4. The number of hydrogen-bond acceptors (Lipinski definition) is 12. The number of piperazine rings is 1. The van der Waals surface area contributed by atoms with E-state index < -0.39 is 17.4 Å². The van der Waals surface area contributed by atoms with Gasteiger partial charge in [0, 0.05) is 73.7 Å². The second-order valence-corrected chi connectivity index (χ2v) is 41.6. The lowest BCUT2D eigenvalue weighted by atomic mass is 9.76. The Balaban J connectivity index is 0.000000233. The molecule has 130 heavy (non-hydrogen) atoms. The molecule has 0 saturated carbocycles. The molecule has 0 atom stereocenters. The van der Waals surface area contributed by atoms with Crippen LogP contribution in [-0.2, 0) is 41.4 Å². The SMILES string of the molecule is CC(=O)Nc1c(Br)cc(C(C)C)cc1Br.CC(C)c1cc(Br)c(N2CCC(N3CCN(CCCN(C)C)CC3)CC2)c(Br)c1.CC(C)c1cc(Cl)c(N)c(C(F)(F)F)c1.CC(C)c1cc(F)c(N)c(I)c1.CC(C)c1cc2c(c3c1CCCC3)CCCC2.CC(C)c1ccc2ccccc2c1.CCOC(=O)c1ccc(C(C)C)cc1.COc1cc(C(C)C)cc(OC)c1OC. The number of nitrogens with one attached hydrogen (secondary N) is 1. The number of carbonyl (C=O) groups excluding carboxylic acids is 2. The molecule has 0 bridgehead atoms.